The van der Waals surface area contributed by atoms with Crippen molar-refractivity contribution in [3.8, 4) is 5.82 Å². The first-order valence-electron chi connectivity index (χ1n) is 10.0. The zero-order chi connectivity index (χ0) is 21.1. The molecule has 0 spiro atoms. The largest absolute Gasteiger partial charge is 0.338 e. The number of carbonyl (C=O) groups is 2. The Hall–Kier alpha value is -3.07. The summed E-state index contributed by atoms with van der Waals surface area (Å²) in [7, 11) is 0. The SMILES string of the molecule is CC(C)c1c(C(=O)N2CCCC(C(=O)Nc3nccs3)C2)cnn1-c1ccccn1. The Labute approximate surface area is 179 Å². The molecule has 8 nitrogen and oxygen atoms in total. The van der Waals surface area contributed by atoms with Crippen LogP contribution in [0.2, 0.25) is 0 Å². The van der Waals surface area contributed by atoms with Crippen molar-refractivity contribution in [3.63, 3.8) is 0 Å². The molecule has 4 heterocycles. The van der Waals surface area contributed by atoms with Crippen LogP contribution in [0.4, 0.5) is 5.13 Å². The predicted molar refractivity (Wildman–Crippen MR) is 115 cm³/mol. The van der Waals surface area contributed by atoms with E-state index in [1.165, 1.54) is 11.3 Å². The molecule has 1 atom stereocenters. The van der Waals surface area contributed by atoms with Crippen LogP contribution in [0.25, 0.3) is 5.82 Å². The van der Waals surface area contributed by atoms with Gasteiger partial charge in [-0.2, -0.15) is 5.10 Å². The van der Waals surface area contributed by atoms with E-state index in [0.717, 1.165) is 18.5 Å². The van der Waals surface area contributed by atoms with E-state index < -0.39 is 0 Å². The molecular formula is C21H24N6O2S. The van der Waals surface area contributed by atoms with Gasteiger partial charge in [-0.15, -0.1) is 11.3 Å². The van der Waals surface area contributed by atoms with Crippen molar-refractivity contribution in [2.24, 2.45) is 5.92 Å². The molecular weight excluding hydrogens is 400 g/mol. The average Bonchev–Trinajstić information content (AvgIpc) is 3.44. The van der Waals surface area contributed by atoms with Gasteiger partial charge in [-0.3, -0.25) is 9.59 Å². The molecule has 1 N–H and O–H groups in total. The summed E-state index contributed by atoms with van der Waals surface area (Å²) < 4.78 is 1.73. The van der Waals surface area contributed by atoms with Crippen LogP contribution in [0.3, 0.4) is 0 Å². The van der Waals surface area contributed by atoms with Crippen LogP contribution in [-0.4, -0.2) is 49.6 Å². The number of anilines is 1. The van der Waals surface area contributed by atoms with Crippen LogP contribution >= 0.6 is 11.3 Å². The summed E-state index contributed by atoms with van der Waals surface area (Å²) in [6.45, 7) is 5.09. The van der Waals surface area contributed by atoms with Gasteiger partial charge in [-0.1, -0.05) is 19.9 Å². The zero-order valence-electron chi connectivity index (χ0n) is 17.0. The normalized spacial score (nSPS) is 16.6. The molecule has 0 bridgehead atoms. The Kier molecular flexibility index (Phi) is 5.89. The molecule has 0 saturated carbocycles. The van der Waals surface area contributed by atoms with Gasteiger partial charge in [0.1, 0.15) is 0 Å². The third kappa shape index (κ3) is 4.11. The number of aromatic nitrogens is 4. The van der Waals surface area contributed by atoms with Crippen molar-refractivity contribution in [1.82, 2.24) is 24.6 Å². The molecule has 0 aliphatic carbocycles. The number of likely N-dealkylation sites (tertiary alicyclic amines) is 1. The Morgan fingerprint density at radius 1 is 1.23 bits per heavy atom. The van der Waals surface area contributed by atoms with Crippen molar-refractivity contribution in [2.75, 3.05) is 18.4 Å². The van der Waals surface area contributed by atoms with Gasteiger partial charge >= 0.3 is 0 Å². The zero-order valence-corrected chi connectivity index (χ0v) is 17.8. The summed E-state index contributed by atoms with van der Waals surface area (Å²) in [4.78, 5) is 36.2. The molecule has 0 radical (unpaired) electrons. The molecule has 9 heteroatoms. The fourth-order valence-corrected chi connectivity index (χ4v) is 4.31. The summed E-state index contributed by atoms with van der Waals surface area (Å²) >= 11 is 1.38. The van der Waals surface area contributed by atoms with Gasteiger partial charge in [-0.05, 0) is 30.9 Å². The van der Waals surface area contributed by atoms with E-state index in [4.69, 9.17) is 0 Å². The van der Waals surface area contributed by atoms with E-state index in [1.807, 2.05) is 37.4 Å². The Morgan fingerprint density at radius 2 is 2.10 bits per heavy atom. The summed E-state index contributed by atoms with van der Waals surface area (Å²) in [5, 5.41) is 9.70. The van der Waals surface area contributed by atoms with Crippen molar-refractivity contribution < 1.29 is 9.59 Å². The molecule has 4 rings (SSSR count). The van der Waals surface area contributed by atoms with Gasteiger partial charge in [-0.25, -0.2) is 14.6 Å². The van der Waals surface area contributed by atoms with Crippen LogP contribution in [0, 0.1) is 5.92 Å². The summed E-state index contributed by atoms with van der Waals surface area (Å²) in [6, 6.07) is 5.61. The number of piperidine rings is 1. The topological polar surface area (TPSA) is 93.0 Å². The Morgan fingerprint density at radius 3 is 2.80 bits per heavy atom. The van der Waals surface area contributed by atoms with E-state index in [9.17, 15) is 9.59 Å². The number of nitrogens with one attached hydrogen (secondary N) is 1. The molecule has 1 unspecified atom stereocenters. The number of hydrogen-bond donors (Lipinski definition) is 1. The maximum Gasteiger partial charge on any atom is 0.257 e. The first-order chi connectivity index (χ1) is 14.5. The van der Waals surface area contributed by atoms with E-state index in [1.54, 1.807) is 28.2 Å². The average molecular weight is 425 g/mol. The number of rotatable bonds is 5. The molecule has 1 fully saturated rings. The van der Waals surface area contributed by atoms with Crippen LogP contribution in [0.1, 0.15) is 48.7 Å². The molecule has 2 amide bonds. The highest BCUT2D eigenvalue weighted by molar-refractivity contribution is 7.13. The highest BCUT2D eigenvalue weighted by atomic mass is 32.1. The van der Waals surface area contributed by atoms with Crippen LogP contribution in [-0.2, 0) is 4.79 Å². The van der Waals surface area contributed by atoms with Gasteiger partial charge in [0.25, 0.3) is 5.91 Å². The summed E-state index contributed by atoms with van der Waals surface area (Å²) in [5.41, 5.74) is 1.39. The smallest absolute Gasteiger partial charge is 0.257 e. The van der Waals surface area contributed by atoms with Gasteiger partial charge in [0.05, 0.1) is 23.4 Å². The monoisotopic (exact) mass is 424 g/mol. The van der Waals surface area contributed by atoms with Crippen molar-refractivity contribution in [3.05, 3.63) is 53.4 Å². The van der Waals surface area contributed by atoms with Gasteiger partial charge < -0.3 is 10.2 Å². The fraction of sp³-hybridized carbons (Fsp3) is 0.381. The predicted octanol–water partition coefficient (Wildman–Crippen LogP) is 3.34. The molecule has 0 aromatic carbocycles. The van der Waals surface area contributed by atoms with Crippen molar-refractivity contribution in [2.45, 2.75) is 32.6 Å². The number of nitrogens with zero attached hydrogens (tertiary/aromatic N) is 5. The summed E-state index contributed by atoms with van der Waals surface area (Å²) in [6.07, 6.45) is 6.52. The fourth-order valence-electron chi connectivity index (χ4n) is 3.78. The van der Waals surface area contributed by atoms with Crippen LogP contribution in [0.15, 0.2) is 42.2 Å². The molecule has 3 aromatic heterocycles. The lowest BCUT2D eigenvalue weighted by Gasteiger charge is -2.32. The molecule has 30 heavy (non-hydrogen) atoms. The first kappa shape index (κ1) is 20.2. The molecule has 156 valence electrons. The van der Waals surface area contributed by atoms with E-state index in [-0.39, 0.29) is 23.7 Å². The minimum Gasteiger partial charge on any atom is -0.338 e. The molecule has 3 aromatic rings. The minimum atomic E-state index is -0.250. The first-order valence-corrected chi connectivity index (χ1v) is 10.9. The molecule has 1 aliphatic heterocycles. The number of thiazole rings is 1. The lowest BCUT2D eigenvalue weighted by molar-refractivity contribution is -0.121. The van der Waals surface area contributed by atoms with Gasteiger partial charge in [0.2, 0.25) is 5.91 Å². The number of carbonyl (C=O) groups excluding carboxylic acids is 2. The highest BCUT2D eigenvalue weighted by Crippen LogP contribution is 2.26. The second-order valence-electron chi connectivity index (χ2n) is 7.61. The van der Waals surface area contributed by atoms with Crippen molar-refractivity contribution >= 4 is 28.3 Å². The van der Waals surface area contributed by atoms with Crippen LogP contribution < -0.4 is 5.32 Å². The minimum absolute atomic E-state index is 0.0854. The number of amides is 2. The molecule has 1 saturated heterocycles. The highest BCUT2D eigenvalue weighted by Gasteiger charge is 2.32. The Balaban J connectivity index is 1.54. The lowest BCUT2D eigenvalue weighted by atomic mass is 9.96. The maximum absolute atomic E-state index is 13.4. The third-order valence-corrected chi connectivity index (χ3v) is 5.88. The van der Waals surface area contributed by atoms with Crippen molar-refractivity contribution in [1.29, 1.82) is 0 Å². The maximum atomic E-state index is 13.4. The number of pyridine rings is 1. The van der Waals surface area contributed by atoms with E-state index in [2.05, 4.69) is 20.4 Å². The third-order valence-electron chi connectivity index (χ3n) is 5.19. The van der Waals surface area contributed by atoms with Crippen LogP contribution in [0.5, 0.6) is 0 Å². The number of hydrogen-bond acceptors (Lipinski definition) is 6. The Bertz CT molecular complexity index is 1020. The lowest BCUT2D eigenvalue weighted by Crippen LogP contribution is -2.44. The second-order valence-corrected chi connectivity index (χ2v) is 8.51. The summed E-state index contributed by atoms with van der Waals surface area (Å²) in [5.74, 6) is 0.338. The quantitative estimate of drug-likeness (QED) is 0.678. The van der Waals surface area contributed by atoms with Gasteiger partial charge in [0.15, 0.2) is 10.9 Å². The standard InChI is InChI=1S/C21H24N6O2S/c1-14(2)18-16(12-24-27(18)17-7-3-4-8-22-17)20(29)26-10-5-6-15(13-26)19(28)25-21-23-9-11-30-21/h3-4,7-9,11-12,14-15H,5-6,10,13H2,1-2H3,(H,23,25,28). The molecule has 1 aliphatic rings. The van der Waals surface area contributed by atoms with E-state index in [0.29, 0.717) is 29.6 Å². The van der Waals surface area contributed by atoms with E-state index >= 15 is 0 Å². The van der Waals surface area contributed by atoms with Gasteiger partial charge in [0, 0.05) is 30.9 Å². The second kappa shape index (κ2) is 8.74.